The van der Waals surface area contributed by atoms with Crippen LogP contribution in [0.1, 0.15) is 44.1 Å². The van der Waals surface area contributed by atoms with E-state index in [2.05, 4.69) is 17.1 Å². The molecule has 1 fully saturated rings. The van der Waals surface area contributed by atoms with E-state index in [1.807, 2.05) is 60.8 Å². The lowest BCUT2D eigenvalue weighted by atomic mass is 10.1. The van der Waals surface area contributed by atoms with Gasteiger partial charge in [-0.3, -0.25) is 4.79 Å². The Kier molecular flexibility index (Phi) is 11.2. The molecule has 41 heavy (non-hydrogen) atoms. The molecule has 10 heteroatoms. The quantitative estimate of drug-likeness (QED) is 0.131. The standard InChI is InChI=1S/C31H32N2O6S2/c1-3-5-25-16-22(17-27(37-4-2)29(25)39-19-21-6-8-23(9-7-21)30(35)36)18-32-33-28(34)20-38-26-12-10-24(11-13-26)31-40-14-15-41-31/h3,6-13,16-18,31H,1,4-5,14-15,19-20H2,2H3,(H,33,34)(H,35,36)/b32-18-. The van der Waals surface area contributed by atoms with Crippen LogP contribution in [0.3, 0.4) is 0 Å². The van der Waals surface area contributed by atoms with Gasteiger partial charge in [0.15, 0.2) is 18.1 Å². The topological polar surface area (TPSA) is 106 Å². The van der Waals surface area contributed by atoms with Crippen LogP contribution in [0.2, 0.25) is 0 Å². The van der Waals surface area contributed by atoms with Crippen molar-refractivity contribution < 1.29 is 28.9 Å². The number of carboxylic acid groups (broad SMARTS) is 1. The Morgan fingerprint density at radius 2 is 1.78 bits per heavy atom. The third-order valence-electron chi connectivity index (χ3n) is 5.95. The van der Waals surface area contributed by atoms with Crippen molar-refractivity contribution in [3.63, 3.8) is 0 Å². The molecule has 0 bridgehead atoms. The van der Waals surface area contributed by atoms with E-state index >= 15 is 0 Å². The van der Waals surface area contributed by atoms with E-state index < -0.39 is 5.97 Å². The summed E-state index contributed by atoms with van der Waals surface area (Å²) in [5.41, 5.74) is 6.33. The molecule has 0 saturated carbocycles. The summed E-state index contributed by atoms with van der Waals surface area (Å²) in [7, 11) is 0. The number of allylic oxidation sites excluding steroid dienone is 1. The van der Waals surface area contributed by atoms with Gasteiger partial charge in [0.1, 0.15) is 12.4 Å². The molecular weight excluding hydrogens is 560 g/mol. The van der Waals surface area contributed by atoms with E-state index in [-0.39, 0.29) is 24.7 Å². The number of carbonyl (C=O) groups is 2. The number of ether oxygens (including phenoxy) is 3. The number of aromatic carboxylic acids is 1. The zero-order valence-corrected chi connectivity index (χ0v) is 24.3. The number of carbonyl (C=O) groups excluding carboxylic acids is 1. The number of hydrogen-bond donors (Lipinski definition) is 2. The van der Waals surface area contributed by atoms with Crippen LogP contribution in [-0.4, -0.2) is 47.9 Å². The molecule has 8 nitrogen and oxygen atoms in total. The first-order chi connectivity index (χ1) is 20.0. The van der Waals surface area contributed by atoms with Gasteiger partial charge in [-0.25, -0.2) is 10.2 Å². The van der Waals surface area contributed by atoms with Gasteiger partial charge in [0, 0.05) is 17.1 Å². The molecule has 0 spiro atoms. The maximum absolute atomic E-state index is 12.3. The summed E-state index contributed by atoms with van der Waals surface area (Å²) in [5, 5.41) is 13.2. The van der Waals surface area contributed by atoms with Gasteiger partial charge in [0.2, 0.25) is 0 Å². The van der Waals surface area contributed by atoms with Crippen LogP contribution in [0, 0.1) is 0 Å². The summed E-state index contributed by atoms with van der Waals surface area (Å²) in [6, 6.07) is 18.0. The maximum Gasteiger partial charge on any atom is 0.335 e. The smallest absolute Gasteiger partial charge is 0.335 e. The monoisotopic (exact) mass is 592 g/mol. The minimum absolute atomic E-state index is 0.157. The van der Waals surface area contributed by atoms with E-state index in [9.17, 15) is 9.59 Å². The number of hydrogen-bond acceptors (Lipinski definition) is 8. The van der Waals surface area contributed by atoms with Crippen molar-refractivity contribution in [3.8, 4) is 17.2 Å². The highest BCUT2D eigenvalue weighted by molar-refractivity contribution is 8.19. The Morgan fingerprint density at radius 1 is 1.05 bits per heavy atom. The van der Waals surface area contributed by atoms with Gasteiger partial charge in [-0.15, -0.1) is 30.1 Å². The second kappa shape index (κ2) is 15.2. The Bertz CT molecular complexity index is 1370. The van der Waals surface area contributed by atoms with Gasteiger partial charge in [-0.05, 0) is 66.4 Å². The first-order valence-electron chi connectivity index (χ1n) is 13.1. The largest absolute Gasteiger partial charge is 0.490 e. The van der Waals surface area contributed by atoms with E-state index in [1.54, 1.807) is 36.4 Å². The van der Waals surface area contributed by atoms with Crippen LogP contribution >= 0.6 is 23.5 Å². The molecule has 0 radical (unpaired) electrons. The molecular formula is C31H32N2O6S2. The molecule has 214 valence electrons. The van der Waals surface area contributed by atoms with Crippen molar-refractivity contribution in [2.24, 2.45) is 5.10 Å². The summed E-state index contributed by atoms with van der Waals surface area (Å²) >= 11 is 3.89. The van der Waals surface area contributed by atoms with Crippen LogP contribution in [0.4, 0.5) is 0 Å². The highest BCUT2D eigenvalue weighted by Crippen LogP contribution is 2.45. The highest BCUT2D eigenvalue weighted by Gasteiger charge is 2.18. The van der Waals surface area contributed by atoms with Crippen LogP contribution in [-0.2, 0) is 17.8 Å². The van der Waals surface area contributed by atoms with Gasteiger partial charge in [-0.2, -0.15) is 5.10 Å². The van der Waals surface area contributed by atoms with Crippen molar-refractivity contribution in [2.45, 2.75) is 24.5 Å². The van der Waals surface area contributed by atoms with E-state index in [0.29, 0.717) is 40.4 Å². The minimum atomic E-state index is -0.979. The molecule has 2 N–H and O–H groups in total. The minimum Gasteiger partial charge on any atom is -0.490 e. The van der Waals surface area contributed by atoms with Crippen LogP contribution in [0.25, 0.3) is 0 Å². The Hall–Kier alpha value is -3.89. The average Bonchev–Trinajstić information content (AvgIpc) is 3.52. The number of thioether (sulfide) groups is 2. The molecule has 1 aliphatic rings. The zero-order chi connectivity index (χ0) is 29.0. The molecule has 0 aromatic heterocycles. The molecule has 3 aromatic carbocycles. The predicted octanol–water partition coefficient (Wildman–Crippen LogP) is 6.10. The first kappa shape index (κ1) is 30.1. The predicted molar refractivity (Wildman–Crippen MR) is 165 cm³/mol. The third-order valence-corrected chi connectivity index (χ3v) is 9.05. The molecule has 1 heterocycles. The number of rotatable bonds is 14. The molecule has 1 saturated heterocycles. The molecule has 0 aliphatic carbocycles. The van der Waals surface area contributed by atoms with Gasteiger partial charge >= 0.3 is 5.97 Å². The van der Waals surface area contributed by atoms with Crippen LogP contribution in [0.5, 0.6) is 17.2 Å². The number of benzene rings is 3. The van der Waals surface area contributed by atoms with Gasteiger partial charge < -0.3 is 19.3 Å². The van der Waals surface area contributed by atoms with Crippen LogP contribution < -0.4 is 19.6 Å². The fraction of sp³-hybridized carbons (Fsp3) is 0.258. The summed E-state index contributed by atoms with van der Waals surface area (Å²) < 4.78 is 18.0. The molecule has 1 aliphatic heterocycles. The van der Waals surface area contributed by atoms with Gasteiger partial charge in [-0.1, -0.05) is 30.3 Å². The summed E-state index contributed by atoms with van der Waals surface area (Å²) in [4.78, 5) is 23.4. The summed E-state index contributed by atoms with van der Waals surface area (Å²) in [6.45, 7) is 6.22. The third kappa shape index (κ3) is 8.80. The Morgan fingerprint density at radius 3 is 2.44 bits per heavy atom. The lowest BCUT2D eigenvalue weighted by molar-refractivity contribution is -0.123. The van der Waals surface area contributed by atoms with Crippen molar-refractivity contribution >= 4 is 41.6 Å². The second-order valence-electron chi connectivity index (χ2n) is 8.95. The van der Waals surface area contributed by atoms with Crippen molar-refractivity contribution in [1.29, 1.82) is 0 Å². The number of nitrogens with zero attached hydrogens (tertiary/aromatic N) is 1. The number of amides is 1. The zero-order valence-electron chi connectivity index (χ0n) is 22.7. The van der Waals surface area contributed by atoms with Crippen molar-refractivity contribution in [1.82, 2.24) is 5.43 Å². The molecule has 4 rings (SSSR count). The molecule has 3 aromatic rings. The maximum atomic E-state index is 12.3. The molecule has 1 amide bonds. The highest BCUT2D eigenvalue weighted by atomic mass is 32.2. The normalized spacial score (nSPS) is 13.2. The second-order valence-corrected chi connectivity index (χ2v) is 11.7. The Labute approximate surface area is 248 Å². The van der Waals surface area contributed by atoms with E-state index in [0.717, 1.165) is 11.1 Å². The number of nitrogens with one attached hydrogen (secondary N) is 1. The lowest BCUT2D eigenvalue weighted by Crippen LogP contribution is -2.24. The van der Waals surface area contributed by atoms with Gasteiger partial charge in [0.25, 0.3) is 5.91 Å². The summed E-state index contributed by atoms with van der Waals surface area (Å²) in [6.07, 6.45) is 3.82. The van der Waals surface area contributed by atoms with Crippen LogP contribution in [0.15, 0.2) is 78.4 Å². The SMILES string of the molecule is C=CCc1cc(/C=N\NC(=O)COc2ccc(C3SCCS3)cc2)cc(OCC)c1OCc1ccc(C(=O)O)cc1. The first-order valence-corrected chi connectivity index (χ1v) is 15.2. The van der Waals surface area contributed by atoms with E-state index in [4.69, 9.17) is 19.3 Å². The molecule has 0 atom stereocenters. The Balaban J connectivity index is 1.36. The fourth-order valence-corrected chi connectivity index (χ4v) is 6.88. The van der Waals surface area contributed by atoms with Crippen molar-refractivity contribution in [3.05, 3.63) is 101 Å². The average molecular weight is 593 g/mol. The van der Waals surface area contributed by atoms with E-state index in [1.165, 1.54) is 23.3 Å². The van der Waals surface area contributed by atoms with Crippen molar-refractivity contribution in [2.75, 3.05) is 24.7 Å². The van der Waals surface area contributed by atoms with Gasteiger partial charge in [0.05, 0.1) is 23.0 Å². The number of hydrazone groups is 1. The summed E-state index contributed by atoms with van der Waals surface area (Å²) in [5.74, 6) is 2.71. The fourth-order valence-electron chi connectivity index (χ4n) is 4.02. The molecule has 0 unspecified atom stereocenters. The number of carboxylic acids is 1. The lowest BCUT2D eigenvalue weighted by Gasteiger charge is -2.17.